The minimum absolute atomic E-state index is 0.126. The van der Waals surface area contributed by atoms with E-state index >= 15 is 0 Å². The molecule has 0 unspecified atom stereocenters. The number of imide groups is 1. The van der Waals surface area contributed by atoms with Gasteiger partial charge in [-0.15, -0.1) is 0 Å². The number of para-hydroxylation sites is 2. The molecule has 1 aromatic heterocycles. The monoisotopic (exact) mass is 368 g/mol. The number of nitrogens with one attached hydrogen (secondary N) is 2. The molecule has 0 aliphatic carbocycles. The first-order valence-electron chi connectivity index (χ1n) is 9.25. The summed E-state index contributed by atoms with van der Waals surface area (Å²) in [5.74, 6) is 1.35. The summed E-state index contributed by atoms with van der Waals surface area (Å²) >= 11 is 0. The minimum atomic E-state index is -0.315. The topological polar surface area (TPSA) is 68.4 Å². The van der Waals surface area contributed by atoms with Crippen LogP contribution in [0.2, 0.25) is 0 Å². The fourth-order valence-corrected chi connectivity index (χ4v) is 3.98. The number of methoxy groups -OCH3 is 1. The van der Waals surface area contributed by atoms with Gasteiger partial charge in [0, 0.05) is 6.07 Å². The largest absolute Gasteiger partial charge is 0.495 e. The highest BCUT2D eigenvalue weighted by molar-refractivity contribution is 6.22. The summed E-state index contributed by atoms with van der Waals surface area (Å²) in [5.41, 5.74) is 0.537. The third-order valence-electron chi connectivity index (χ3n) is 5.40. The summed E-state index contributed by atoms with van der Waals surface area (Å²) in [7, 11) is 1.55. The molecule has 0 spiro atoms. The van der Waals surface area contributed by atoms with Crippen LogP contribution in [0.25, 0.3) is 0 Å². The molecule has 4 rings (SSSR count). The van der Waals surface area contributed by atoms with Crippen LogP contribution in [0.4, 0.5) is 11.5 Å². The van der Waals surface area contributed by atoms with Crippen molar-refractivity contribution in [3.8, 4) is 5.75 Å². The van der Waals surface area contributed by atoms with Crippen molar-refractivity contribution in [1.82, 2.24) is 0 Å². The smallest absolute Gasteiger partial charge is 0.292 e. The van der Waals surface area contributed by atoms with Gasteiger partial charge in [-0.05, 0) is 18.2 Å². The Morgan fingerprint density at radius 2 is 1.81 bits per heavy atom. The quantitative estimate of drug-likeness (QED) is 0.742. The first-order chi connectivity index (χ1) is 13.2. The molecule has 3 heterocycles. The molecule has 0 bridgehead atoms. The van der Waals surface area contributed by atoms with E-state index in [1.54, 1.807) is 19.2 Å². The van der Waals surface area contributed by atoms with E-state index in [1.807, 2.05) is 30.5 Å². The van der Waals surface area contributed by atoms with E-state index in [0.717, 1.165) is 32.0 Å². The lowest BCUT2D eigenvalue weighted by atomic mass is 10.1. The molecule has 7 heteroatoms. The maximum absolute atomic E-state index is 13.0. The third-order valence-corrected chi connectivity index (χ3v) is 5.40. The Kier molecular flexibility index (Phi) is 4.77. The van der Waals surface area contributed by atoms with Crippen LogP contribution in [0.5, 0.6) is 5.75 Å². The number of nitrogens with zero attached hydrogens (tertiary/aromatic N) is 2. The fraction of sp³-hybridized carbons (Fsp3) is 0.350. The molecule has 1 aromatic carbocycles. The number of piperazine rings is 1. The van der Waals surface area contributed by atoms with Crippen molar-refractivity contribution in [3.63, 3.8) is 0 Å². The van der Waals surface area contributed by atoms with Gasteiger partial charge in [-0.25, -0.2) is 9.88 Å². The number of benzene rings is 1. The number of hydrogen-bond acceptors (Lipinski definition) is 4. The molecule has 2 aromatic rings. The summed E-state index contributed by atoms with van der Waals surface area (Å²) in [4.78, 5) is 33.7. The second-order valence-corrected chi connectivity index (χ2v) is 6.89. The van der Waals surface area contributed by atoms with Gasteiger partial charge >= 0.3 is 0 Å². The number of amides is 2. The molecule has 2 N–H and O–H groups in total. The van der Waals surface area contributed by atoms with Crippen LogP contribution < -0.4 is 24.4 Å². The van der Waals surface area contributed by atoms with Crippen LogP contribution >= 0.6 is 0 Å². The molecule has 2 aliphatic heterocycles. The van der Waals surface area contributed by atoms with Crippen LogP contribution in [0.1, 0.15) is 6.42 Å². The summed E-state index contributed by atoms with van der Waals surface area (Å²) in [5, 5.41) is 0. The number of carbonyl (C=O) groups is 2. The number of aromatic amines is 1. The number of H-pyrrole nitrogens is 1. The Morgan fingerprint density at radius 1 is 1.07 bits per heavy atom. The zero-order valence-corrected chi connectivity index (χ0v) is 15.4. The van der Waals surface area contributed by atoms with Gasteiger partial charge in [0.15, 0.2) is 6.04 Å². The van der Waals surface area contributed by atoms with E-state index in [1.165, 1.54) is 9.80 Å². The van der Waals surface area contributed by atoms with E-state index in [4.69, 9.17) is 4.74 Å². The molecule has 2 fully saturated rings. The SMILES string of the molecule is COc1ccccc1N1C(=O)C[C@@H]([NH+]2CCN(c3cccc[nH+]3)CC2)C1=O. The summed E-state index contributed by atoms with van der Waals surface area (Å²) in [6, 6.07) is 12.9. The molecule has 27 heavy (non-hydrogen) atoms. The van der Waals surface area contributed by atoms with Crippen molar-refractivity contribution in [2.45, 2.75) is 12.5 Å². The lowest BCUT2D eigenvalue weighted by Crippen LogP contribution is -3.19. The zero-order valence-electron chi connectivity index (χ0n) is 15.4. The second-order valence-electron chi connectivity index (χ2n) is 6.89. The summed E-state index contributed by atoms with van der Waals surface area (Å²) in [6.45, 7) is 3.35. The van der Waals surface area contributed by atoms with Gasteiger partial charge in [0.05, 0.1) is 25.4 Å². The number of aromatic nitrogens is 1. The Hall–Kier alpha value is -2.93. The van der Waals surface area contributed by atoms with Gasteiger partial charge in [0.2, 0.25) is 5.91 Å². The first kappa shape index (κ1) is 17.5. The van der Waals surface area contributed by atoms with Crippen LogP contribution in [0, 0.1) is 0 Å². The van der Waals surface area contributed by atoms with Crippen LogP contribution in [0.15, 0.2) is 48.7 Å². The number of hydrogen-bond donors (Lipinski definition) is 1. The highest BCUT2D eigenvalue weighted by atomic mass is 16.5. The standard InChI is InChI=1S/C20H22N4O3/c1-27-17-7-3-2-6-15(17)24-19(25)14-16(20(24)26)22-10-12-23(13-11-22)18-8-4-5-9-21-18/h2-9,16H,10-14H2,1H3/p+2/t16-/m1/s1. The Bertz CT molecular complexity index is 834. The summed E-state index contributed by atoms with van der Waals surface area (Å²) < 4.78 is 5.34. The number of quaternary nitrogens is 1. The molecule has 0 saturated carbocycles. The molecule has 2 amide bonds. The molecular formula is C20H24N4O3+2. The van der Waals surface area contributed by atoms with Gasteiger partial charge in [0.1, 0.15) is 31.9 Å². The second kappa shape index (κ2) is 7.36. The molecule has 2 aliphatic rings. The van der Waals surface area contributed by atoms with Gasteiger partial charge in [-0.1, -0.05) is 18.2 Å². The molecule has 0 radical (unpaired) electrons. The molecule has 7 nitrogen and oxygen atoms in total. The van der Waals surface area contributed by atoms with Crippen molar-refractivity contribution in [2.75, 3.05) is 43.1 Å². The van der Waals surface area contributed by atoms with E-state index in [0.29, 0.717) is 11.4 Å². The Morgan fingerprint density at radius 3 is 2.52 bits per heavy atom. The van der Waals surface area contributed by atoms with Crippen molar-refractivity contribution < 1.29 is 24.2 Å². The normalized spacial score (nSPS) is 21.0. The Balaban J connectivity index is 1.47. The lowest BCUT2D eigenvalue weighted by molar-refractivity contribution is -0.915. The number of anilines is 2. The van der Waals surface area contributed by atoms with Crippen LogP contribution in [0.3, 0.4) is 0 Å². The highest BCUT2D eigenvalue weighted by Crippen LogP contribution is 2.31. The Labute approximate surface area is 158 Å². The van der Waals surface area contributed by atoms with Gasteiger partial charge < -0.3 is 9.64 Å². The maximum Gasteiger partial charge on any atom is 0.292 e. The zero-order chi connectivity index (χ0) is 18.8. The predicted molar refractivity (Wildman–Crippen MR) is 99.8 cm³/mol. The third kappa shape index (κ3) is 3.26. The van der Waals surface area contributed by atoms with Gasteiger partial charge in [-0.3, -0.25) is 14.5 Å². The van der Waals surface area contributed by atoms with Crippen molar-refractivity contribution in [1.29, 1.82) is 0 Å². The minimum Gasteiger partial charge on any atom is -0.495 e. The van der Waals surface area contributed by atoms with E-state index < -0.39 is 0 Å². The number of carbonyl (C=O) groups excluding carboxylic acids is 2. The fourth-order valence-electron chi connectivity index (χ4n) is 3.98. The molecule has 1 atom stereocenters. The van der Waals surface area contributed by atoms with Crippen molar-refractivity contribution in [2.24, 2.45) is 0 Å². The average Bonchev–Trinajstić information content (AvgIpc) is 3.02. The average molecular weight is 368 g/mol. The van der Waals surface area contributed by atoms with Gasteiger partial charge in [-0.2, -0.15) is 0 Å². The summed E-state index contributed by atoms with van der Waals surface area (Å²) in [6.07, 6.45) is 2.17. The van der Waals surface area contributed by atoms with Gasteiger partial charge in [0.25, 0.3) is 11.7 Å². The number of rotatable bonds is 4. The number of ether oxygens (including phenoxy) is 1. The highest BCUT2D eigenvalue weighted by Gasteiger charge is 2.47. The molecular weight excluding hydrogens is 344 g/mol. The number of pyridine rings is 1. The van der Waals surface area contributed by atoms with Crippen LogP contribution in [-0.2, 0) is 9.59 Å². The van der Waals surface area contributed by atoms with E-state index in [2.05, 4.69) is 16.0 Å². The predicted octanol–water partition coefficient (Wildman–Crippen LogP) is -0.454. The van der Waals surface area contributed by atoms with E-state index in [9.17, 15) is 9.59 Å². The molecule has 140 valence electrons. The van der Waals surface area contributed by atoms with Crippen molar-refractivity contribution >= 4 is 23.3 Å². The van der Waals surface area contributed by atoms with E-state index in [-0.39, 0.29) is 24.3 Å². The molecule has 2 saturated heterocycles. The van der Waals surface area contributed by atoms with Crippen molar-refractivity contribution in [3.05, 3.63) is 48.7 Å². The lowest BCUT2D eigenvalue weighted by Gasteiger charge is -2.31. The first-order valence-corrected chi connectivity index (χ1v) is 9.25. The maximum atomic E-state index is 13.0. The van der Waals surface area contributed by atoms with Crippen LogP contribution in [-0.4, -0.2) is 51.1 Å².